The second-order valence-electron chi connectivity index (χ2n) is 5.96. The van der Waals surface area contributed by atoms with Gasteiger partial charge < -0.3 is 20.3 Å². The molecule has 0 radical (unpaired) electrons. The van der Waals surface area contributed by atoms with E-state index in [4.69, 9.17) is 23.2 Å². The monoisotopic (exact) mass is 394 g/mol. The normalized spacial score (nSPS) is 12.3. The standard InChI is InChI=1S/C17H20Cl2N6O/c1-3-11(8-26)22-17-23-15(14-16(24-17)25(2)9-21-14)20-7-10-4-5-12(18)13(19)6-10/h4-6,9,11,26H,3,7-8H2,1-2H3,(H2,20,22,23,24)/t11-/m1/s1. The van der Waals surface area contributed by atoms with Gasteiger partial charge in [-0.2, -0.15) is 9.97 Å². The molecule has 26 heavy (non-hydrogen) atoms. The smallest absolute Gasteiger partial charge is 0.227 e. The third-order valence-electron chi connectivity index (χ3n) is 4.05. The Morgan fingerprint density at radius 1 is 1.23 bits per heavy atom. The number of aliphatic hydroxyl groups is 1. The van der Waals surface area contributed by atoms with Crippen molar-refractivity contribution in [2.45, 2.75) is 25.9 Å². The van der Waals surface area contributed by atoms with Gasteiger partial charge in [-0.15, -0.1) is 0 Å². The van der Waals surface area contributed by atoms with Crippen molar-refractivity contribution in [2.24, 2.45) is 7.05 Å². The quantitative estimate of drug-likeness (QED) is 0.568. The number of aromatic nitrogens is 4. The highest BCUT2D eigenvalue weighted by atomic mass is 35.5. The Hall–Kier alpha value is -2.09. The lowest BCUT2D eigenvalue weighted by Crippen LogP contribution is -2.24. The maximum atomic E-state index is 9.41. The summed E-state index contributed by atoms with van der Waals surface area (Å²) in [7, 11) is 1.87. The summed E-state index contributed by atoms with van der Waals surface area (Å²) in [6.07, 6.45) is 2.45. The van der Waals surface area contributed by atoms with E-state index in [1.54, 1.807) is 12.4 Å². The van der Waals surface area contributed by atoms with E-state index in [1.165, 1.54) is 0 Å². The molecule has 0 spiro atoms. The van der Waals surface area contributed by atoms with Gasteiger partial charge in [-0.05, 0) is 24.1 Å². The van der Waals surface area contributed by atoms with Gasteiger partial charge in [-0.1, -0.05) is 36.2 Å². The molecule has 7 nitrogen and oxygen atoms in total. The van der Waals surface area contributed by atoms with Crippen LogP contribution in [0.5, 0.6) is 0 Å². The molecular formula is C17H20Cl2N6O. The van der Waals surface area contributed by atoms with Crippen molar-refractivity contribution in [3.8, 4) is 0 Å². The topological polar surface area (TPSA) is 87.9 Å². The summed E-state index contributed by atoms with van der Waals surface area (Å²) in [6, 6.07) is 5.36. The Kier molecular flexibility index (Phi) is 5.80. The molecule has 0 saturated carbocycles. The molecule has 0 bridgehead atoms. The maximum Gasteiger partial charge on any atom is 0.227 e. The number of aliphatic hydroxyl groups excluding tert-OH is 1. The van der Waals surface area contributed by atoms with Gasteiger partial charge in [0.15, 0.2) is 17.0 Å². The van der Waals surface area contributed by atoms with Gasteiger partial charge in [-0.25, -0.2) is 4.98 Å². The van der Waals surface area contributed by atoms with Crippen molar-refractivity contribution in [1.82, 2.24) is 19.5 Å². The van der Waals surface area contributed by atoms with Crippen LogP contribution in [-0.2, 0) is 13.6 Å². The number of hydrogen-bond acceptors (Lipinski definition) is 6. The highest BCUT2D eigenvalue weighted by Gasteiger charge is 2.14. The van der Waals surface area contributed by atoms with Gasteiger partial charge in [-0.3, -0.25) is 0 Å². The zero-order valence-corrected chi connectivity index (χ0v) is 16.0. The molecule has 0 aliphatic rings. The highest BCUT2D eigenvalue weighted by Crippen LogP contribution is 2.24. The summed E-state index contributed by atoms with van der Waals surface area (Å²) in [4.78, 5) is 13.4. The van der Waals surface area contributed by atoms with Crippen LogP contribution < -0.4 is 10.6 Å². The Labute approximate surface area is 161 Å². The molecule has 3 N–H and O–H groups in total. The minimum Gasteiger partial charge on any atom is -0.394 e. The van der Waals surface area contributed by atoms with Crippen LogP contribution in [0.2, 0.25) is 10.0 Å². The molecule has 1 aromatic carbocycles. The molecule has 0 fully saturated rings. The summed E-state index contributed by atoms with van der Waals surface area (Å²) in [6.45, 7) is 2.51. The van der Waals surface area contributed by atoms with E-state index in [1.807, 2.05) is 30.7 Å². The number of fused-ring (bicyclic) bond motifs is 1. The van der Waals surface area contributed by atoms with Crippen molar-refractivity contribution in [3.05, 3.63) is 40.1 Å². The number of nitrogens with one attached hydrogen (secondary N) is 2. The number of nitrogens with zero attached hydrogens (tertiary/aromatic N) is 4. The molecule has 9 heteroatoms. The zero-order chi connectivity index (χ0) is 18.7. The highest BCUT2D eigenvalue weighted by molar-refractivity contribution is 6.42. The first kappa shape index (κ1) is 18.7. The van der Waals surface area contributed by atoms with E-state index < -0.39 is 0 Å². The molecule has 0 saturated heterocycles. The van der Waals surface area contributed by atoms with Gasteiger partial charge >= 0.3 is 0 Å². The van der Waals surface area contributed by atoms with E-state index >= 15 is 0 Å². The number of rotatable bonds is 7. The molecule has 3 rings (SSSR count). The number of benzene rings is 1. The lowest BCUT2D eigenvalue weighted by molar-refractivity contribution is 0.271. The van der Waals surface area contributed by atoms with Crippen molar-refractivity contribution in [2.75, 3.05) is 17.2 Å². The Balaban J connectivity index is 1.89. The fourth-order valence-corrected chi connectivity index (χ4v) is 2.81. The summed E-state index contributed by atoms with van der Waals surface area (Å²) in [5.41, 5.74) is 2.35. The molecule has 0 aliphatic carbocycles. The number of aryl methyl sites for hydroxylation is 1. The van der Waals surface area contributed by atoms with E-state index in [0.29, 0.717) is 39.5 Å². The SMILES string of the molecule is CC[C@H](CO)Nc1nc(NCc2ccc(Cl)c(Cl)c2)c2ncn(C)c2n1. The number of hydrogen-bond donors (Lipinski definition) is 3. The minimum atomic E-state index is -0.108. The van der Waals surface area contributed by atoms with Crippen LogP contribution >= 0.6 is 23.2 Å². The van der Waals surface area contributed by atoms with Gasteiger partial charge in [0.1, 0.15) is 0 Å². The van der Waals surface area contributed by atoms with E-state index in [0.717, 1.165) is 12.0 Å². The van der Waals surface area contributed by atoms with Crippen molar-refractivity contribution in [1.29, 1.82) is 0 Å². The number of halogens is 2. The maximum absolute atomic E-state index is 9.41. The largest absolute Gasteiger partial charge is 0.394 e. The molecule has 3 aromatic rings. The van der Waals surface area contributed by atoms with Gasteiger partial charge in [0, 0.05) is 13.6 Å². The fourth-order valence-electron chi connectivity index (χ4n) is 2.49. The molecule has 1 atom stereocenters. The summed E-state index contributed by atoms with van der Waals surface area (Å²) in [5, 5.41) is 16.9. The average molecular weight is 395 g/mol. The molecule has 2 heterocycles. The summed E-state index contributed by atoms with van der Waals surface area (Å²) >= 11 is 12.0. The van der Waals surface area contributed by atoms with Crippen LogP contribution in [0.15, 0.2) is 24.5 Å². The first-order chi connectivity index (χ1) is 12.5. The molecule has 2 aromatic heterocycles. The predicted molar refractivity (Wildman–Crippen MR) is 105 cm³/mol. The van der Waals surface area contributed by atoms with Crippen LogP contribution in [0.4, 0.5) is 11.8 Å². The second kappa shape index (κ2) is 8.07. The molecule has 0 amide bonds. The minimum absolute atomic E-state index is 0.00925. The second-order valence-corrected chi connectivity index (χ2v) is 6.77. The average Bonchev–Trinajstić information content (AvgIpc) is 3.01. The molecule has 0 unspecified atom stereocenters. The predicted octanol–water partition coefficient (Wildman–Crippen LogP) is 3.47. The lowest BCUT2D eigenvalue weighted by atomic mass is 10.2. The lowest BCUT2D eigenvalue weighted by Gasteiger charge is -2.15. The van der Waals surface area contributed by atoms with Crippen LogP contribution in [0.25, 0.3) is 11.2 Å². The van der Waals surface area contributed by atoms with Crippen LogP contribution in [-0.4, -0.2) is 37.3 Å². The first-order valence-electron chi connectivity index (χ1n) is 8.26. The third kappa shape index (κ3) is 4.00. The van der Waals surface area contributed by atoms with Crippen molar-refractivity contribution < 1.29 is 5.11 Å². The van der Waals surface area contributed by atoms with E-state index in [9.17, 15) is 5.11 Å². The number of imidazole rings is 1. The summed E-state index contributed by atoms with van der Waals surface area (Å²) < 4.78 is 1.83. The van der Waals surface area contributed by atoms with Crippen LogP contribution in [0.3, 0.4) is 0 Å². The third-order valence-corrected chi connectivity index (χ3v) is 4.79. The molecule has 0 aliphatic heterocycles. The van der Waals surface area contributed by atoms with Crippen molar-refractivity contribution >= 4 is 46.1 Å². The van der Waals surface area contributed by atoms with Gasteiger partial charge in [0.05, 0.1) is 29.0 Å². The Morgan fingerprint density at radius 3 is 2.73 bits per heavy atom. The Bertz CT molecular complexity index is 910. The fraction of sp³-hybridized carbons (Fsp3) is 0.353. The molecular weight excluding hydrogens is 375 g/mol. The van der Waals surface area contributed by atoms with E-state index in [2.05, 4.69) is 25.6 Å². The Morgan fingerprint density at radius 2 is 2.04 bits per heavy atom. The van der Waals surface area contributed by atoms with Crippen LogP contribution in [0, 0.1) is 0 Å². The van der Waals surface area contributed by atoms with Crippen LogP contribution in [0.1, 0.15) is 18.9 Å². The number of anilines is 2. The van der Waals surface area contributed by atoms with E-state index in [-0.39, 0.29) is 12.6 Å². The van der Waals surface area contributed by atoms with Crippen molar-refractivity contribution in [3.63, 3.8) is 0 Å². The summed E-state index contributed by atoms with van der Waals surface area (Å²) in [5.74, 6) is 1.05. The zero-order valence-electron chi connectivity index (χ0n) is 14.5. The molecule has 138 valence electrons. The van der Waals surface area contributed by atoms with Gasteiger partial charge in [0.2, 0.25) is 5.95 Å². The van der Waals surface area contributed by atoms with Gasteiger partial charge in [0.25, 0.3) is 0 Å². The first-order valence-corrected chi connectivity index (χ1v) is 9.01.